The lowest BCUT2D eigenvalue weighted by atomic mass is 10.2. The van der Waals surface area contributed by atoms with E-state index in [1.807, 2.05) is 6.92 Å². The summed E-state index contributed by atoms with van der Waals surface area (Å²) in [7, 11) is 0. The molecule has 0 aliphatic heterocycles. The molecule has 1 atom stereocenters. The SMILES string of the molecule is CC(CN)NCCCCC(N)=O. The maximum atomic E-state index is 10.3. The van der Waals surface area contributed by atoms with E-state index in [4.69, 9.17) is 11.5 Å². The molecule has 0 radical (unpaired) electrons. The number of rotatable bonds is 7. The Morgan fingerprint density at radius 3 is 2.67 bits per heavy atom. The molecule has 0 bridgehead atoms. The number of nitrogens with one attached hydrogen (secondary N) is 1. The van der Waals surface area contributed by atoms with Gasteiger partial charge in [-0.1, -0.05) is 0 Å². The Bertz CT molecular complexity index is 127. The molecule has 1 unspecified atom stereocenters. The standard InChI is InChI=1S/C8H19N3O/c1-7(6-9)11-5-3-2-4-8(10)12/h7,11H,2-6,9H2,1H3,(H2,10,12). The highest BCUT2D eigenvalue weighted by atomic mass is 16.1. The van der Waals surface area contributed by atoms with Crippen molar-refractivity contribution < 1.29 is 4.79 Å². The minimum Gasteiger partial charge on any atom is -0.370 e. The van der Waals surface area contributed by atoms with Crippen LogP contribution in [0, 0.1) is 0 Å². The third-order valence-electron chi connectivity index (χ3n) is 1.70. The van der Waals surface area contributed by atoms with Crippen molar-refractivity contribution in [2.45, 2.75) is 32.2 Å². The van der Waals surface area contributed by atoms with Gasteiger partial charge in [0.05, 0.1) is 0 Å². The van der Waals surface area contributed by atoms with Crippen LogP contribution in [-0.4, -0.2) is 25.0 Å². The predicted octanol–water partition coefficient (Wildman–Crippen LogP) is -0.421. The molecule has 0 fully saturated rings. The summed E-state index contributed by atoms with van der Waals surface area (Å²) < 4.78 is 0. The highest BCUT2D eigenvalue weighted by Gasteiger charge is 1.97. The van der Waals surface area contributed by atoms with Crippen LogP contribution in [-0.2, 0) is 4.79 Å². The topological polar surface area (TPSA) is 81.1 Å². The summed E-state index contributed by atoms with van der Waals surface area (Å²) >= 11 is 0. The quantitative estimate of drug-likeness (QED) is 0.457. The number of primary amides is 1. The molecular formula is C8H19N3O. The van der Waals surface area contributed by atoms with Crippen molar-refractivity contribution in [1.82, 2.24) is 5.32 Å². The van der Waals surface area contributed by atoms with Gasteiger partial charge >= 0.3 is 0 Å². The number of hydrogen-bond donors (Lipinski definition) is 3. The highest BCUT2D eigenvalue weighted by molar-refractivity contribution is 5.73. The molecule has 5 N–H and O–H groups in total. The number of amides is 1. The first-order chi connectivity index (χ1) is 5.66. The first-order valence-corrected chi connectivity index (χ1v) is 4.38. The van der Waals surface area contributed by atoms with Crippen molar-refractivity contribution in [2.75, 3.05) is 13.1 Å². The van der Waals surface area contributed by atoms with Crippen LogP contribution in [0.3, 0.4) is 0 Å². The van der Waals surface area contributed by atoms with E-state index >= 15 is 0 Å². The third-order valence-corrected chi connectivity index (χ3v) is 1.70. The van der Waals surface area contributed by atoms with E-state index in [0.717, 1.165) is 19.4 Å². The van der Waals surface area contributed by atoms with Gasteiger partial charge in [0.15, 0.2) is 0 Å². The van der Waals surface area contributed by atoms with Gasteiger partial charge in [0.25, 0.3) is 0 Å². The molecule has 0 aliphatic carbocycles. The smallest absolute Gasteiger partial charge is 0.217 e. The van der Waals surface area contributed by atoms with Gasteiger partial charge in [-0.05, 0) is 26.3 Å². The van der Waals surface area contributed by atoms with Gasteiger partial charge in [-0.2, -0.15) is 0 Å². The van der Waals surface area contributed by atoms with Crippen LogP contribution in [0.2, 0.25) is 0 Å². The average Bonchev–Trinajstić information content (AvgIpc) is 2.03. The Balaban J connectivity index is 3.05. The molecular weight excluding hydrogens is 154 g/mol. The van der Waals surface area contributed by atoms with Crippen LogP contribution in [0.5, 0.6) is 0 Å². The van der Waals surface area contributed by atoms with E-state index in [2.05, 4.69) is 5.32 Å². The number of unbranched alkanes of at least 4 members (excludes halogenated alkanes) is 1. The monoisotopic (exact) mass is 173 g/mol. The Morgan fingerprint density at radius 2 is 2.17 bits per heavy atom. The third kappa shape index (κ3) is 7.50. The lowest BCUT2D eigenvalue weighted by molar-refractivity contribution is -0.118. The molecule has 0 saturated carbocycles. The maximum Gasteiger partial charge on any atom is 0.217 e. The molecule has 4 heteroatoms. The second-order valence-corrected chi connectivity index (χ2v) is 3.01. The molecule has 4 nitrogen and oxygen atoms in total. The minimum absolute atomic E-state index is 0.220. The van der Waals surface area contributed by atoms with Crippen molar-refractivity contribution in [3.8, 4) is 0 Å². The number of carbonyl (C=O) groups excluding carboxylic acids is 1. The Kier molecular flexibility index (Phi) is 6.70. The van der Waals surface area contributed by atoms with Gasteiger partial charge in [-0.25, -0.2) is 0 Å². The molecule has 0 heterocycles. The fourth-order valence-corrected chi connectivity index (χ4v) is 0.856. The predicted molar refractivity (Wildman–Crippen MR) is 49.6 cm³/mol. The lowest BCUT2D eigenvalue weighted by Crippen LogP contribution is -2.33. The second kappa shape index (κ2) is 7.06. The van der Waals surface area contributed by atoms with Gasteiger partial charge in [-0.3, -0.25) is 4.79 Å². The van der Waals surface area contributed by atoms with Crippen molar-refractivity contribution in [3.05, 3.63) is 0 Å². The van der Waals surface area contributed by atoms with Crippen molar-refractivity contribution in [1.29, 1.82) is 0 Å². The van der Waals surface area contributed by atoms with Gasteiger partial charge < -0.3 is 16.8 Å². The van der Waals surface area contributed by atoms with E-state index < -0.39 is 0 Å². The Labute approximate surface area is 73.7 Å². The Hall–Kier alpha value is -0.610. The van der Waals surface area contributed by atoms with Crippen LogP contribution >= 0.6 is 0 Å². The van der Waals surface area contributed by atoms with Crippen LogP contribution in [0.15, 0.2) is 0 Å². The largest absolute Gasteiger partial charge is 0.370 e. The summed E-state index contributed by atoms with van der Waals surface area (Å²) in [6, 6.07) is 0.360. The van der Waals surface area contributed by atoms with Crippen molar-refractivity contribution in [3.63, 3.8) is 0 Å². The van der Waals surface area contributed by atoms with E-state index in [1.165, 1.54) is 0 Å². The van der Waals surface area contributed by atoms with Gasteiger partial charge in [-0.15, -0.1) is 0 Å². The zero-order valence-electron chi connectivity index (χ0n) is 7.68. The van der Waals surface area contributed by atoms with Crippen molar-refractivity contribution in [2.24, 2.45) is 11.5 Å². The van der Waals surface area contributed by atoms with Gasteiger partial charge in [0.1, 0.15) is 0 Å². The molecule has 0 aliphatic rings. The van der Waals surface area contributed by atoms with Gasteiger partial charge in [0.2, 0.25) is 5.91 Å². The van der Waals surface area contributed by atoms with E-state index in [-0.39, 0.29) is 5.91 Å². The van der Waals surface area contributed by atoms with Crippen molar-refractivity contribution >= 4 is 5.91 Å². The molecule has 12 heavy (non-hydrogen) atoms. The summed E-state index contributed by atoms with van der Waals surface area (Å²) in [5, 5.41) is 3.23. The average molecular weight is 173 g/mol. The normalized spacial score (nSPS) is 12.8. The summed E-state index contributed by atoms with van der Waals surface area (Å²) in [6.45, 7) is 3.59. The van der Waals surface area contributed by atoms with E-state index in [9.17, 15) is 4.79 Å². The number of carbonyl (C=O) groups is 1. The van der Waals surface area contributed by atoms with Crippen LogP contribution in [0.1, 0.15) is 26.2 Å². The first kappa shape index (κ1) is 11.4. The molecule has 0 aromatic carbocycles. The van der Waals surface area contributed by atoms with Crippen LogP contribution in [0.25, 0.3) is 0 Å². The molecule has 1 amide bonds. The number of hydrogen-bond acceptors (Lipinski definition) is 3. The summed E-state index contributed by atoms with van der Waals surface area (Å²) in [4.78, 5) is 10.3. The van der Waals surface area contributed by atoms with E-state index in [0.29, 0.717) is 19.0 Å². The molecule has 0 spiro atoms. The molecule has 0 rings (SSSR count). The molecule has 0 aromatic heterocycles. The van der Waals surface area contributed by atoms with E-state index in [1.54, 1.807) is 0 Å². The van der Waals surface area contributed by atoms with Gasteiger partial charge in [0, 0.05) is 19.0 Å². The fourth-order valence-electron chi connectivity index (χ4n) is 0.856. The molecule has 0 aromatic rings. The zero-order valence-corrected chi connectivity index (χ0v) is 7.68. The van der Waals surface area contributed by atoms with Crippen LogP contribution < -0.4 is 16.8 Å². The lowest BCUT2D eigenvalue weighted by Gasteiger charge is -2.09. The summed E-state index contributed by atoms with van der Waals surface area (Å²) in [5.74, 6) is -0.220. The fraction of sp³-hybridized carbons (Fsp3) is 0.875. The minimum atomic E-state index is -0.220. The first-order valence-electron chi connectivity index (χ1n) is 4.38. The van der Waals surface area contributed by atoms with Crippen LogP contribution in [0.4, 0.5) is 0 Å². The highest BCUT2D eigenvalue weighted by Crippen LogP contribution is 1.92. The summed E-state index contributed by atoms with van der Waals surface area (Å²) in [6.07, 6.45) is 2.32. The second-order valence-electron chi connectivity index (χ2n) is 3.01. The Morgan fingerprint density at radius 1 is 1.50 bits per heavy atom. The zero-order chi connectivity index (χ0) is 9.40. The maximum absolute atomic E-state index is 10.3. The molecule has 72 valence electrons. The molecule has 0 saturated heterocycles. The number of nitrogens with two attached hydrogens (primary N) is 2. The summed E-state index contributed by atoms with van der Waals surface area (Å²) in [5.41, 5.74) is 10.4.